The second-order valence-corrected chi connectivity index (χ2v) is 3.76. The Morgan fingerprint density at radius 2 is 2.29 bits per heavy atom. The number of nitrogens with zero attached hydrogens (tertiary/aromatic N) is 1. The molecule has 0 amide bonds. The second kappa shape index (κ2) is 7.17. The molecule has 1 fully saturated rings. The first-order chi connectivity index (χ1) is 6.83. The van der Waals surface area contributed by atoms with E-state index in [0.29, 0.717) is 6.54 Å². The van der Waals surface area contributed by atoms with Crippen LogP contribution in [-0.2, 0) is 9.47 Å². The molecule has 1 atom stereocenters. The van der Waals surface area contributed by atoms with Crippen LogP contribution in [0.15, 0.2) is 0 Å². The highest BCUT2D eigenvalue weighted by atomic mass is 16.7. The molecule has 1 saturated heterocycles. The number of hydrogen-bond donors (Lipinski definition) is 1. The summed E-state index contributed by atoms with van der Waals surface area (Å²) in [7, 11) is 2.05. The fraction of sp³-hybridized carbons (Fsp3) is 1.00. The van der Waals surface area contributed by atoms with Crippen LogP contribution >= 0.6 is 0 Å². The molecular weight excluding hydrogens is 180 g/mol. The van der Waals surface area contributed by atoms with Gasteiger partial charge >= 0.3 is 0 Å². The molecular formula is C10H22N2O2. The van der Waals surface area contributed by atoms with Crippen molar-refractivity contribution in [3.63, 3.8) is 0 Å². The molecule has 1 aliphatic heterocycles. The van der Waals surface area contributed by atoms with Gasteiger partial charge in [-0.25, -0.2) is 0 Å². The minimum Gasteiger partial charge on any atom is -0.353 e. The van der Waals surface area contributed by atoms with Gasteiger partial charge in [0.05, 0.1) is 6.61 Å². The van der Waals surface area contributed by atoms with Crippen LogP contribution in [0, 0.1) is 0 Å². The van der Waals surface area contributed by atoms with Gasteiger partial charge in [-0.1, -0.05) is 0 Å². The first-order valence-electron chi connectivity index (χ1n) is 5.44. The molecule has 1 heterocycles. The molecule has 14 heavy (non-hydrogen) atoms. The molecule has 0 spiro atoms. The number of rotatable bonds is 6. The Labute approximate surface area is 86.3 Å². The zero-order valence-electron chi connectivity index (χ0n) is 9.08. The Hall–Kier alpha value is -0.160. The van der Waals surface area contributed by atoms with Crippen molar-refractivity contribution in [1.82, 2.24) is 4.90 Å². The predicted molar refractivity (Wildman–Crippen MR) is 56.1 cm³/mol. The molecule has 4 heteroatoms. The van der Waals surface area contributed by atoms with Gasteiger partial charge in [-0.05, 0) is 26.3 Å². The molecule has 0 radical (unpaired) electrons. The topological polar surface area (TPSA) is 47.7 Å². The lowest BCUT2D eigenvalue weighted by atomic mass is 10.2. The number of likely N-dealkylation sites (N-methyl/N-ethyl adjacent to an activating group) is 1. The van der Waals surface area contributed by atoms with Crippen LogP contribution in [-0.4, -0.2) is 51.1 Å². The van der Waals surface area contributed by atoms with E-state index in [4.69, 9.17) is 15.2 Å². The molecule has 0 aromatic heterocycles. The van der Waals surface area contributed by atoms with Crippen molar-refractivity contribution in [1.29, 1.82) is 0 Å². The zero-order chi connectivity index (χ0) is 10.2. The smallest absolute Gasteiger partial charge is 0.157 e. The Bertz CT molecular complexity index is 138. The largest absolute Gasteiger partial charge is 0.353 e. The van der Waals surface area contributed by atoms with Gasteiger partial charge < -0.3 is 20.1 Å². The third-order valence-electron chi connectivity index (χ3n) is 2.43. The summed E-state index contributed by atoms with van der Waals surface area (Å²) in [6.07, 6.45) is 3.48. The van der Waals surface area contributed by atoms with Gasteiger partial charge in [0.2, 0.25) is 0 Å². The average molecular weight is 202 g/mol. The predicted octanol–water partition coefficient (Wildman–Crippen LogP) is 0.420. The maximum absolute atomic E-state index is 5.60. The Morgan fingerprint density at radius 1 is 1.43 bits per heavy atom. The fourth-order valence-corrected chi connectivity index (χ4v) is 1.51. The molecule has 0 aromatic rings. The minimum atomic E-state index is 0.0371. The maximum atomic E-state index is 5.60. The summed E-state index contributed by atoms with van der Waals surface area (Å²) >= 11 is 0. The highest BCUT2D eigenvalue weighted by Crippen LogP contribution is 2.13. The highest BCUT2D eigenvalue weighted by molar-refractivity contribution is 4.55. The number of hydrogen-bond acceptors (Lipinski definition) is 4. The van der Waals surface area contributed by atoms with E-state index < -0.39 is 0 Å². The standard InChI is InChI=1S/C10H22N2O2/c1-12(6-5-11)7-9-14-10-4-2-3-8-13-10/h10H,2-9,11H2,1H3. The van der Waals surface area contributed by atoms with Crippen LogP contribution in [0.5, 0.6) is 0 Å². The van der Waals surface area contributed by atoms with Crippen LogP contribution < -0.4 is 5.73 Å². The Balaban J connectivity index is 1.96. The van der Waals surface area contributed by atoms with Crippen molar-refractivity contribution in [2.45, 2.75) is 25.6 Å². The van der Waals surface area contributed by atoms with E-state index in [2.05, 4.69) is 11.9 Å². The number of ether oxygens (including phenoxy) is 2. The lowest BCUT2D eigenvalue weighted by Crippen LogP contribution is -2.31. The zero-order valence-corrected chi connectivity index (χ0v) is 9.08. The summed E-state index contributed by atoms with van der Waals surface area (Å²) in [5.74, 6) is 0. The van der Waals surface area contributed by atoms with Crippen molar-refractivity contribution in [2.24, 2.45) is 5.73 Å². The van der Waals surface area contributed by atoms with E-state index in [1.807, 2.05) is 0 Å². The highest BCUT2D eigenvalue weighted by Gasteiger charge is 2.13. The van der Waals surface area contributed by atoms with Gasteiger partial charge in [0.1, 0.15) is 0 Å². The first-order valence-corrected chi connectivity index (χ1v) is 5.44. The van der Waals surface area contributed by atoms with Gasteiger partial charge in [0.15, 0.2) is 6.29 Å². The van der Waals surface area contributed by atoms with E-state index in [1.165, 1.54) is 12.8 Å². The van der Waals surface area contributed by atoms with Crippen molar-refractivity contribution in [3.8, 4) is 0 Å². The SMILES string of the molecule is CN(CCN)CCOC1CCCCO1. The molecule has 1 unspecified atom stereocenters. The van der Waals surface area contributed by atoms with Crippen LogP contribution in [0.3, 0.4) is 0 Å². The summed E-state index contributed by atoms with van der Waals surface area (Å²) in [4.78, 5) is 2.17. The van der Waals surface area contributed by atoms with Crippen molar-refractivity contribution in [3.05, 3.63) is 0 Å². The summed E-state index contributed by atoms with van der Waals surface area (Å²) in [6, 6.07) is 0. The molecule has 84 valence electrons. The van der Waals surface area contributed by atoms with Gasteiger partial charge in [0, 0.05) is 26.2 Å². The molecule has 0 aromatic carbocycles. The quantitative estimate of drug-likeness (QED) is 0.678. The number of nitrogens with two attached hydrogens (primary N) is 1. The van der Waals surface area contributed by atoms with E-state index in [-0.39, 0.29) is 6.29 Å². The molecule has 2 N–H and O–H groups in total. The van der Waals surface area contributed by atoms with Crippen molar-refractivity contribution >= 4 is 0 Å². The normalized spacial score (nSPS) is 22.9. The first kappa shape index (κ1) is 11.9. The van der Waals surface area contributed by atoms with Crippen LogP contribution in [0.2, 0.25) is 0 Å². The van der Waals surface area contributed by atoms with E-state index in [9.17, 15) is 0 Å². The summed E-state index contributed by atoms with van der Waals surface area (Å²) in [6.45, 7) is 4.15. The fourth-order valence-electron chi connectivity index (χ4n) is 1.51. The second-order valence-electron chi connectivity index (χ2n) is 3.76. The third kappa shape index (κ3) is 4.91. The summed E-state index contributed by atoms with van der Waals surface area (Å²) < 4.78 is 11.0. The molecule has 1 aliphatic rings. The lowest BCUT2D eigenvalue weighted by Gasteiger charge is -2.24. The van der Waals surface area contributed by atoms with Crippen LogP contribution in [0.25, 0.3) is 0 Å². The van der Waals surface area contributed by atoms with Gasteiger partial charge in [-0.3, -0.25) is 0 Å². The van der Waals surface area contributed by atoms with Gasteiger partial charge in [-0.2, -0.15) is 0 Å². The molecule has 0 bridgehead atoms. The Morgan fingerprint density at radius 3 is 2.93 bits per heavy atom. The Kier molecular flexibility index (Phi) is 6.10. The van der Waals surface area contributed by atoms with Gasteiger partial charge in [0.25, 0.3) is 0 Å². The minimum absolute atomic E-state index is 0.0371. The van der Waals surface area contributed by atoms with E-state index >= 15 is 0 Å². The lowest BCUT2D eigenvalue weighted by molar-refractivity contribution is -0.163. The van der Waals surface area contributed by atoms with Gasteiger partial charge in [-0.15, -0.1) is 0 Å². The van der Waals surface area contributed by atoms with Crippen molar-refractivity contribution in [2.75, 3.05) is 39.9 Å². The van der Waals surface area contributed by atoms with Crippen molar-refractivity contribution < 1.29 is 9.47 Å². The molecule has 4 nitrogen and oxygen atoms in total. The molecule has 1 rings (SSSR count). The summed E-state index contributed by atoms with van der Waals surface area (Å²) in [5, 5.41) is 0. The summed E-state index contributed by atoms with van der Waals surface area (Å²) in [5.41, 5.74) is 5.44. The van der Waals surface area contributed by atoms with Crippen LogP contribution in [0.1, 0.15) is 19.3 Å². The maximum Gasteiger partial charge on any atom is 0.157 e. The van der Waals surface area contributed by atoms with E-state index in [1.54, 1.807) is 0 Å². The van der Waals surface area contributed by atoms with E-state index in [0.717, 1.165) is 32.7 Å². The molecule has 0 aliphatic carbocycles. The van der Waals surface area contributed by atoms with Crippen LogP contribution in [0.4, 0.5) is 0 Å². The molecule has 0 saturated carbocycles. The third-order valence-corrected chi connectivity index (χ3v) is 2.43. The monoisotopic (exact) mass is 202 g/mol. The average Bonchev–Trinajstić information content (AvgIpc) is 2.20.